The van der Waals surface area contributed by atoms with Crippen LogP contribution in [0.3, 0.4) is 0 Å². The molecule has 2 aromatic rings. The summed E-state index contributed by atoms with van der Waals surface area (Å²) in [4.78, 5) is 4.60. The molecule has 0 bridgehead atoms. The van der Waals surface area contributed by atoms with E-state index < -0.39 is 0 Å². The zero-order valence-electron chi connectivity index (χ0n) is 21.6. The first-order valence-electron chi connectivity index (χ1n) is 11.3. The van der Waals surface area contributed by atoms with E-state index in [0.717, 1.165) is 39.2 Å². The number of hydrogen-bond acceptors (Lipinski definition) is 6. The maximum Gasteiger partial charge on any atom is 0.132 e. The lowest BCUT2D eigenvalue weighted by atomic mass is 10.1. The zero-order chi connectivity index (χ0) is 26.8. The molecule has 2 aromatic carbocycles. The molecule has 0 saturated heterocycles. The fraction of sp³-hybridized carbons (Fsp3) is 0.321. The van der Waals surface area contributed by atoms with Gasteiger partial charge in [-0.3, -0.25) is 4.99 Å². The predicted octanol–water partition coefficient (Wildman–Crippen LogP) is 7.89. The van der Waals surface area contributed by atoms with Gasteiger partial charge in [0.05, 0.1) is 0 Å². The van der Waals surface area contributed by atoms with Crippen LogP contribution in [0, 0.1) is 0 Å². The van der Waals surface area contributed by atoms with Gasteiger partial charge < -0.3 is 20.6 Å². The lowest BCUT2D eigenvalue weighted by Crippen LogP contribution is -2.12. The van der Waals surface area contributed by atoms with Gasteiger partial charge in [-0.2, -0.15) is 0 Å². The molecular weight excluding hydrogens is 524 g/mol. The van der Waals surface area contributed by atoms with Gasteiger partial charge in [-0.1, -0.05) is 43.7 Å². The van der Waals surface area contributed by atoms with Crippen molar-refractivity contribution in [3.8, 4) is 17.2 Å². The summed E-state index contributed by atoms with van der Waals surface area (Å²) < 4.78 is 1.07. The van der Waals surface area contributed by atoms with Crippen LogP contribution < -0.4 is 5.32 Å². The van der Waals surface area contributed by atoms with E-state index in [-0.39, 0.29) is 17.2 Å². The first kappa shape index (κ1) is 32.4. The average Bonchev–Trinajstić information content (AvgIpc) is 2.80. The van der Waals surface area contributed by atoms with Crippen molar-refractivity contribution < 1.29 is 15.3 Å². The maximum atomic E-state index is 9.70. The number of phenols is 3. The van der Waals surface area contributed by atoms with Gasteiger partial charge in [0.15, 0.2) is 0 Å². The summed E-state index contributed by atoms with van der Waals surface area (Å²) in [6.45, 7) is 13.2. The smallest absolute Gasteiger partial charge is 0.132 e. The van der Waals surface area contributed by atoms with E-state index in [9.17, 15) is 5.11 Å². The van der Waals surface area contributed by atoms with Gasteiger partial charge in [0.25, 0.3) is 0 Å². The minimum atomic E-state index is 0.0929. The molecule has 0 radical (unpaired) electrons. The third kappa shape index (κ3) is 14.4. The molecular formula is C28H39BrN2O3S. The molecule has 35 heavy (non-hydrogen) atoms. The molecule has 0 unspecified atom stereocenters. The number of hydrogen-bond donors (Lipinski definition) is 4. The fourth-order valence-corrected chi connectivity index (χ4v) is 3.20. The molecule has 0 aliphatic carbocycles. The normalized spacial score (nSPS) is 10.5. The Kier molecular flexibility index (Phi) is 17.3. The number of allylic oxidation sites excluding steroid dienone is 5. The van der Waals surface area contributed by atoms with Crippen molar-refractivity contribution in [1.82, 2.24) is 5.32 Å². The number of halogens is 1. The summed E-state index contributed by atoms with van der Waals surface area (Å²) >= 11 is 4.78. The highest BCUT2D eigenvalue weighted by Crippen LogP contribution is 2.29. The molecule has 0 atom stereocenters. The summed E-state index contributed by atoms with van der Waals surface area (Å²) in [5.74, 6) is 0.498. The molecule has 0 heterocycles. The summed E-state index contributed by atoms with van der Waals surface area (Å²) in [6, 6.07) is 11.8. The fourth-order valence-electron chi connectivity index (χ4n) is 2.52. The Morgan fingerprint density at radius 3 is 2.23 bits per heavy atom. The van der Waals surface area contributed by atoms with E-state index in [1.54, 1.807) is 31.5 Å². The first-order valence-corrected chi connectivity index (χ1v) is 13.3. The Morgan fingerprint density at radius 1 is 1.09 bits per heavy atom. The quantitative estimate of drug-likeness (QED) is 0.114. The molecule has 0 amide bonds. The minimum absolute atomic E-state index is 0.0929. The van der Waals surface area contributed by atoms with Gasteiger partial charge in [-0.05, 0) is 79.2 Å². The number of aliphatic imine (C=N–C) groups is 1. The standard InChI is InChI=1S/C15H21NO.C7H8O2S.C6H10BrN/c1-4-5-10-16-13(3)11-12(2)14-8-6-7-9-15(14)17;1-10-7-3-2-5(8)4-6(7)9;1-5(2)6(7)4-8-3/h6-9,11,16-17H,2,4-5,10H2,1,3H3;2-4,8-9H,1H3;4H,1-3H3/b13-11+;;. The van der Waals surface area contributed by atoms with Crippen molar-refractivity contribution in [3.63, 3.8) is 0 Å². The highest BCUT2D eigenvalue weighted by molar-refractivity contribution is 9.12. The average molecular weight is 564 g/mol. The number of benzene rings is 2. The first-order chi connectivity index (χ1) is 16.6. The Bertz CT molecular complexity index is 1010. The van der Waals surface area contributed by atoms with Crippen LogP contribution >= 0.6 is 27.7 Å². The molecule has 0 spiro atoms. The third-order valence-corrected chi connectivity index (χ3v) is 6.24. The van der Waals surface area contributed by atoms with Crippen LogP contribution in [0.2, 0.25) is 0 Å². The monoisotopic (exact) mass is 562 g/mol. The molecule has 5 nitrogen and oxygen atoms in total. The number of nitrogens with one attached hydrogen (secondary N) is 1. The molecule has 0 saturated carbocycles. The van der Waals surface area contributed by atoms with Crippen molar-refractivity contribution in [1.29, 1.82) is 0 Å². The van der Waals surface area contributed by atoms with Crippen molar-refractivity contribution >= 4 is 39.5 Å². The van der Waals surface area contributed by atoms with E-state index in [0.29, 0.717) is 0 Å². The van der Waals surface area contributed by atoms with Gasteiger partial charge in [0.1, 0.15) is 17.2 Å². The molecule has 0 aliphatic rings. The number of thioether (sulfide) groups is 1. The number of nitrogens with zero attached hydrogens (tertiary/aromatic N) is 1. The summed E-state index contributed by atoms with van der Waals surface area (Å²) in [5.41, 5.74) is 3.93. The SMILES string of the molecule is C=C(/C=C(\C)NCCCC)c1ccccc1O.CN=CC(Br)=C(C)C.CSc1ccc(O)cc1O. The largest absolute Gasteiger partial charge is 0.508 e. The minimum Gasteiger partial charge on any atom is -0.508 e. The van der Waals surface area contributed by atoms with Crippen LogP contribution in [-0.4, -0.2) is 41.4 Å². The van der Waals surface area contributed by atoms with Crippen LogP contribution in [-0.2, 0) is 0 Å². The van der Waals surface area contributed by atoms with Crippen LogP contribution in [0.1, 0.15) is 46.1 Å². The van der Waals surface area contributed by atoms with Crippen molar-refractivity contribution in [2.45, 2.75) is 45.4 Å². The topological polar surface area (TPSA) is 85.1 Å². The Labute approximate surface area is 223 Å². The van der Waals surface area contributed by atoms with E-state index in [4.69, 9.17) is 10.2 Å². The van der Waals surface area contributed by atoms with Gasteiger partial charge in [-0.25, -0.2) is 0 Å². The molecule has 192 valence electrons. The molecule has 0 aromatic heterocycles. The van der Waals surface area contributed by atoms with Crippen molar-refractivity contribution in [3.05, 3.63) is 76.4 Å². The van der Waals surface area contributed by atoms with Crippen molar-refractivity contribution in [2.24, 2.45) is 4.99 Å². The van der Waals surface area contributed by atoms with Gasteiger partial charge in [-0.15, -0.1) is 11.8 Å². The number of phenolic OH excluding ortho intramolecular Hbond substituents is 3. The summed E-state index contributed by atoms with van der Waals surface area (Å²) in [7, 11) is 1.75. The molecule has 7 heteroatoms. The van der Waals surface area contributed by atoms with Crippen LogP contribution in [0.4, 0.5) is 0 Å². The van der Waals surface area contributed by atoms with E-state index >= 15 is 0 Å². The molecule has 4 N–H and O–H groups in total. The molecule has 0 aliphatic heterocycles. The Morgan fingerprint density at radius 2 is 1.74 bits per heavy atom. The van der Waals surface area contributed by atoms with Crippen LogP contribution in [0.5, 0.6) is 17.2 Å². The second kappa shape index (κ2) is 18.7. The highest BCUT2D eigenvalue weighted by Gasteiger charge is 2.02. The lowest BCUT2D eigenvalue weighted by molar-refractivity contribution is 0.442. The predicted molar refractivity (Wildman–Crippen MR) is 157 cm³/mol. The van der Waals surface area contributed by atoms with Crippen LogP contribution in [0.15, 0.2) is 80.8 Å². The van der Waals surface area contributed by atoms with Gasteiger partial charge in [0, 0.05) is 46.5 Å². The van der Waals surface area contributed by atoms with Crippen LogP contribution in [0.25, 0.3) is 5.57 Å². The zero-order valence-corrected chi connectivity index (χ0v) is 24.0. The number of aromatic hydroxyl groups is 3. The van der Waals surface area contributed by atoms with E-state index in [1.807, 2.05) is 51.3 Å². The molecule has 2 rings (SSSR count). The third-order valence-electron chi connectivity index (χ3n) is 4.46. The Hall–Kier alpha value is -2.64. The van der Waals surface area contributed by atoms with E-state index in [1.165, 1.54) is 29.8 Å². The second-order valence-corrected chi connectivity index (χ2v) is 9.44. The Balaban J connectivity index is 0.000000545. The lowest BCUT2D eigenvalue weighted by Gasteiger charge is -2.08. The maximum absolute atomic E-state index is 9.70. The molecule has 0 fully saturated rings. The number of rotatable bonds is 8. The summed E-state index contributed by atoms with van der Waals surface area (Å²) in [6.07, 6.45) is 7.96. The number of para-hydroxylation sites is 1. The van der Waals surface area contributed by atoms with E-state index in [2.05, 4.69) is 39.7 Å². The summed E-state index contributed by atoms with van der Waals surface area (Å²) in [5, 5.41) is 31.0. The van der Waals surface area contributed by atoms with Gasteiger partial charge in [0.2, 0.25) is 0 Å². The highest BCUT2D eigenvalue weighted by atomic mass is 79.9. The number of unbranched alkanes of at least 4 members (excludes halogenated alkanes) is 1. The van der Waals surface area contributed by atoms with Crippen molar-refractivity contribution in [2.75, 3.05) is 19.8 Å². The van der Waals surface area contributed by atoms with Gasteiger partial charge >= 0.3 is 0 Å². The second-order valence-electron chi connectivity index (χ2n) is 7.74.